The summed E-state index contributed by atoms with van der Waals surface area (Å²) in [7, 11) is 0. The maximum atomic E-state index is 12.6. The van der Waals surface area contributed by atoms with Gasteiger partial charge in [-0.3, -0.25) is 9.79 Å². The predicted octanol–water partition coefficient (Wildman–Crippen LogP) is 5.97. The molecule has 0 radical (unpaired) electrons. The fourth-order valence-corrected chi connectivity index (χ4v) is 3.59. The third kappa shape index (κ3) is 5.03. The number of carbonyl (C=O) groups excluding carboxylic acids is 1. The Kier molecular flexibility index (Phi) is 6.61. The van der Waals surface area contributed by atoms with E-state index in [9.17, 15) is 4.79 Å². The van der Waals surface area contributed by atoms with Gasteiger partial charge in [-0.25, -0.2) is 9.97 Å². The number of anilines is 3. The van der Waals surface area contributed by atoms with Crippen molar-refractivity contribution >= 4 is 46.6 Å². The number of benzene rings is 2. The Morgan fingerprint density at radius 3 is 2.72 bits per heavy atom. The maximum absolute atomic E-state index is 12.6. The molecule has 1 unspecified atom stereocenters. The number of amides is 1. The van der Waals surface area contributed by atoms with Crippen molar-refractivity contribution in [3.63, 3.8) is 0 Å². The predicted molar refractivity (Wildman–Crippen MR) is 131 cm³/mol. The van der Waals surface area contributed by atoms with Crippen molar-refractivity contribution in [2.24, 2.45) is 10.9 Å². The number of hydrogen-bond acceptors (Lipinski definition) is 5. The van der Waals surface area contributed by atoms with Gasteiger partial charge in [-0.15, -0.1) is 11.6 Å². The van der Waals surface area contributed by atoms with Crippen LogP contribution in [0.5, 0.6) is 0 Å². The number of allylic oxidation sites excluding steroid dienone is 1. The van der Waals surface area contributed by atoms with Gasteiger partial charge in [-0.1, -0.05) is 25.1 Å². The molecule has 3 aromatic rings. The highest BCUT2D eigenvalue weighted by Gasteiger charge is 2.15. The van der Waals surface area contributed by atoms with Crippen molar-refractivity contribution in [3.8, 4) is 0 Å². The highest BCUT2D eigenvalue weighted by molar-refractivity contribution is 6.17. The van der Waals surface area contributed by atoms with Gasteiger partial charge in [-0.2, -0.15) is 0 Å². The first-order chi connectivity index (χ1) is 15.5. The van der Waals surface area contributed by atoms with Crippen LogP contribution in [-0.2, 0) is 5.88 Å². The molecule has 2 heterocycles. The Balaban J connectivity index is 1.52. The average molecular weight is 446 g/mol. The lowest BCUT2D eigenvalue weighted by atomic mass is 9.95. The standard InChI is InChI=1S/C25H24ClN5O/c1-16-9-11-27-15-21(16)22-10-12-28-25(30-22)31-23-13-20(8-3-17(23)2)29-24(32)19-6-4-18(14-26)5-7-19/h3-8,10-13,15-16H,9,14H2,1-2H3,(H,29,32)(H,28,30,31). The lowest BCUT2D eigenvalue weighted by Crippen LogP contribution is -2.12. The molecule has 0 aliphatic carbocycles. The lowest BCUT2D eigenvalue weighted by molar-refractivity contribution is 0.102. The summed E-state index contributed by atoms with van der Waals surface area (Å²) in [6.45, 7) is 4.15. The molecular formula is C25H24ClN5O. The summed E-state index contributed by atoms with van der Waals surface area (Å²) in [5, 5.41) is 6.22. The van der Waals surface area contributed by atoms with E-state index in [0.29, 0.717) is 29.0 Å². The molecule has 2 aromatic carbocycles. The largest absolute Gasteiger partial charge is 0.324 e. The van der Waals surface area contributed by atoms with Crippen molar-refractivity contribution in [2.45, 2.75) is 26.1 Å². The van der Waals surface area contributed by atoms with E-state index < -0.39 is 0 Å². The smallest absolute Gasteiger partial charge is 0.255 e. The van der Waals surface area contributed by atoms with Crippen LogP contribution in [0.3, 0.4) is 0 Å². The van der Waals surface area contributed by atoms with E-state index in [1.54, 1.807) is 18.3 Å². The van der Waals surface area contributed by atoms with Gasteiger partial charge >= 0.3 is 0 Å². The molecule has 0 saturated carbocycles. The van der Waals surface area contributed by atoms with Gasteiger partial charge in [0.15, 0.2) is 0 Å². The summed E-state index contributed by atoms with van der Waals surface area (Å²) >= 11 is 5.82. The Morgan fingerprint density at radius 2 is 1.97 bits per heavy atom. The van der Waals surface area contributed by atoms with Crippen LogP contribution in [0, 0.1) is 12.8 Å². The van der Waals surface area contributed by atoms with Crippen molar-refractivity contribution in [1.82, 2.24) is 9.97 Å². The number of aliphatic imine (C=N–C) groups is 1. The molecule has 4 rings (SSSR count). The second kappa shape index (κ2) is 9.75. The first-order valence-electron chi connectivity index (χ1n) is 10.4. The Labute approximate surface area is 192 Å². The number of rotatable bonds is 6. The molecule has 0 fully saturated rings. The molecular weight excluding hydrogens is 422 g/mol. The Bertz CT molecular complexity index is 1190. The first-order valence-corrected chi connectivity index (χ1v) is 11.0. The van der Waals surface area contributed by atoms with Gasteiger partial charge in [0.25, 0.3) is 5.91 Å². The summed E-state index contributed by atoms with van der Waals surface area (Å²) in [4.78, 5) is 25.9. The lowest BCUT2D eigenvalue weighted by Gasteiger charge is -2.17. The van der Waals surface area contributed by atoms with Crippen molar-refractivity contribution in [2.75, 3.05) is 10.6 Å². The van der Waals surface area contributed by atoms with Gasteiger partial charge in [0.05, 0.1) is 5.69 Å². The summed E-state index contributed by atoms with van der Waals surface area (Å²) in [5.74, 6) is 1.09. The van der Waals surface area contributed by atoms with Crippen LogP contribution < -0.4 is 10.6 Å². The minimum absolute atomic E-state index is 0.182. The highest BCUT2D eigenvalue weighted by atomic mass is 35.5. The molecule has 0 bridgehead atoms. The zero-order valence-corrected chi connectivity index (χ0v) is 18.7. The normalized spacial score (nSPS) is 15.2. The van der Waals surface area contributed by atoms with Crippen LogP contribution >= 0.6 is 11.6 Å². The number of carbonyl (C=O) groups is 1. The molecule has 0 saturated heterocycles. The SMILES string of the molecule is Cc1ccc(NC(=O)c2ccc(CCl)cc2)cc1Nc1nccc(C2=CN=CCC2C)n1. The van der Waals surface area contributed by atoms with Crippen LogP contribution in [0.25, 0.3) is 5.57 Å². The minimum atomic E-state index is -0.182. The van der Waals surface area contributed by atoms with E-state index >= 15 is 0 Å². The zero-order chi connectivity index (χ0) is 22.5. The van der Waals surface area contributed by atoms with Gasteiger partial charge in [0.1, 0.15) is 0 Å². The van der Waals surface area contributed by atoms with Crippen LogP contribution in [0.4, 0.5) is 17.3 Å². The minimum Gasteiger partial charge on any atom is -0.324 e. The molecule has 1 aliphatic rings. The average Bonchev–Trinajstić information content (AvgIpc) is 2.82. The Morgan fingerprint density at radius 1 is 1.16 bits per heavy atom. The third-order valence-electron chi connectivity index (χ3n) is 5.37. The van der Waals surface area contributed by atoms with Crippen molar-refractivity contribution in [3.05, 3.63) is 83.3 Å². The van der Waals surface area contributed by atoms with Gasteiger partial charge in [0, 0.05) is 41.4 Å². The van der Waals surface area contributed by atoms with E-state index in [1.165, 1.54) is 0 Å². The number of alkyl halides is 1. The molecule has 7 heteroatoms. The first kappa shape index (κ1) is 21.7. The summed E-state index contributed by atoms with van der Waals surface area (Å²) < 4.78 is 0. The number of nitrogens with one attached hydrogen (secondary N) is 2. The van der Waals surface area contributed by atoms with Crippen LogP contribution in [0.2, 0.25) is 0 Å². The second-order valence-corrected chi connectivity index (χ2v) is 8.02. The quantitative estimate of drug-likeness (QED) is 0.458. The molecule has 2 N–H and O–H groups in total. The molecule has 1 atom stereocenters. The number of aryl methyl sites for hydroxylation is 1. The Hall–Kier alpha value is -3.51. The molecule has 32 heavy (non-hydrogen) atoms. The van der Waals surface area contributed by atoms with E-state index in [4.69, 9.17) is 11.6 Å². The fourth-order valence-electron chi connectivity index (χ4n) is 3.41. The summed E-state index contributed by atoms with van der Waals surface area (Å²) in [5.41, 5.74) is 6.00. The zero-order valence-electron chi connectivity index (χ0n) is 18.0. The molecule has 6 nitrogen and oxygen atoms in total. The molecule has 162 valence electrons. The summed E-state index contributed by atoms with van der Waals surface area (Å²) in [6, 6.07) is 14.8. The van der Waals surface area contributed by atoms with Crippen LogP contribution in [0.1, 0.15) is 40.5 Å². The number of halogens is 1. The topological polar surface area (TPSA) is 79.3 Å². The van der Waals surface area contributed by atoms with E-state index in [1.807, 2.05) is 55.7 Å². The van der Waals surface area contributed by atoms with E-state index in [2.05, 4.69) is 32.5 Å². The summed E-state index contributed by atoms with van der Waals surface area (Å²) in [6.07, 6.45) is 6.42. The fraction of sp³-hybridized carbons (Fsp3) is 0.200. The number of nitrogens with zero attached hydrogens (tertiary/aromatic N) is 3. The number of aromatic nitrogens is 2. The maximum Gasteiger partial charge on any atom is 0.255 e. The van der Waals surface area contributed by atoms with Crippen LogP contribution in [0.15, 0.2) is 65.9 Å². The van der Waals surface area contributed by atoms with E-state index in [0.717, 1.165) is 34.5 Å². The molecule has 0 spiro atoms. The van der Waals surface area contributed by atoms with Gasteiger partial charge in [0.2, 0.25) is 5.95 Å². The van der Waals surface area contributed by atoms with Crippen molar-refractivity contribution in [1.29, 1.82) is 0 Å². The molecule has 1 amide bonds. The van der Waals surface area contributed by atoms with Crippen molar-refractivity contribution < 1.29 is 4.79 Å². The molecule has 1 aliphatic heterocycles. The van der Waals surface area contributed by atoms with Gasteiger partial charge < -0.3 is 10.6 Å². The van der Waals surface area contributed by atoms with Crippen LogP contribution in [-0.4, -0.2) is 22.1 Å². The third-order valence-corrected chi connectivity index (χ3v) is 5.68. The van der Waals surface area contributed by atoms with E-state index in [-0.39, 0.29) is 5.91 Å². The molecule has 1 aromatic heterocycles. The highest BCUT2D eigenvalue weighted by Crippen LogP contribution is 2.28. The number of hydrogen-bond donors (Lipinski definition) is 2. The van der Waals surface area contributed by atoms with Gasteiger partial charge in [-0.05, 0) is 66.3 Å². The second-order valence-electron chi connectivity index (χ2n) is 7.76. The monoisotopic (exact) mass is 445 g/mol.